The quantitative estimate of drug-likeness (QED) is 0.747. The fourth-order valence-corrected chi connectivity index (χ4v) is 3.36. The van der Waals surface area contributed by atoms with Gasteiger partial charge in [0.05, 0.1) is 27.4 Å². The molecule has 102 valence electrons. The summed E-state index contributed by atoms with van der Waals surface area (Å²) < 4.78 is 25.0. The number of thiophene rings is 1. The van der Waals surface area contributed by atoms with E-state index in [0.29, 0.717) is 4.90 Å². The fourth-order valence-electron chi connectivity index (χ4n) is 1.97. The Labute approximate surface area is 121 Å². The van der Waals surface area contributed by atoms with Crippen molar-refractivity contribution in [3.63, 3.8) is 0 Å². The van der Waals surface area contributed by atoms with Crippen LogP contribution >= 0.6 is 11.3 Å². The second-order valence-corrected chi connectivity index (χ2v) is 7.34. The molecule has 0 radical (unpaired) electrons. The van der Waals surface area contributed by atoms with Crippen LogP contribution in [0.5, 0.6) is 0 Å². The van der Waals surface area contributed by atoms with Crippen LogP contribution < -0.4 is 0 Å². The fraction of sp³-hybridized carbons (Fsp3) is 0.0714. The van der Waals surface area contributed by atoms with E-state index in [9.17, 15) is 8.42 Å². The third kappa shape index (κ3) is 2.39. The molecule has 2 heterocycles. The monoisotopic (exact) mass is 304 g/mol. The van der Waals surface area contributed by atoms with Crippen LogP contribution in [0.2, 0.25) is 0 Å². The molecule has 6 heteroatoms. The number of rotatable bonds is 3. The van der Waals surface area contributed by atoms with Crippen molar-refractivity contribution in [2.75, 3.05) is 6.26 Å². The Kier molecular flexibility index (Phi) is 3.19. The van der Waals surface area contributed by atoms with E-state index in [1.807, 2.05) is 29.6 Å². The third-order valence-corrected chi connectivity index (χ3v) is 4.91. The molecule has 0 saturated heterocycles. The van der Waals surface area contributed by atoms with Gasteiger partial charge in [-0.15, -0.1) is 11.3 Å². The highest BCUT2D eigenvalue weighted by atomic mass is 32.2. The summed E-state index contributed by atoms with van der Waals surface area (Å²) in [4.78, 5) is 1.38. The van der Waals surface area contributed by atoms with Gasteiger partial charge in [0.1, 0.15) is 0 Å². The van der Waals surface area contributed by atoms with Gasteiger partial charge in [0.2, 0.25) is 0 Å². The maximum Gasteiger partial charge on any atom is 0.175 e. The minimum absolute atomic E-state index is 0.294. The highest BCUT2D eigenvalue weighted by molar-refractivity contribution is 7.90. The highest BCUT2D eigenvalue weighted by Gasteiger charge is 2.11. The van der Waals surface area contributed by atoms with Crippen molar-refractivity contribution in [3.8, 4) is 16.3 Å². The van der Waals surface area contributed by atoms with Crippen molar-refractivity contribution in [1.29, 1.82) is 0 Å². The number of sulfone groups is 1. The van der Waals surface area contributed by atoms with Gasteiger partial charge in [0.15, 0.2) is 9.84 Å². The lowest BCUT2D eigenvalue weighted by atomic mass is 10.3. The second kappa shape index (κ2) is 4.88. The van der Waals surface area contributed by atoms with Crippen molar-refractivity contribution in [2.24, 2.45) is 0 Å². The summed E-state index contributed by atoms with van der Waals surface area (Å²) in [5.74, 6) is 0. The Balaban J connectivity index is 2.14. The Morgan fingerprint density at radius 2 is 2.00 bits per heavy atom. The molecule has 0 saturated carbocycles. The van der Waals surface area contributed by atoms with E-state index in [1.165, 1.54) is 6.26 Å². The molecule has 0 amide bonds. The van der Waals surface area contributed by atoms with E-state index < -0.39 is 9.84 Å². The lowest BCUT2D eigenvalue weighted by molar-refractivity contribution is 0.601. The molecule has 1 aromatic carbocycles. The summed E-state index contributed by atoms with van der Waals surface area (Å²) in [6, 6.07) is 12.7. The van der Waals surface area contributed by atoms with Crippen LogP contribution in [0.4, 0.5) is 0 Å². The topological polar surface area (TPSA) is 52.0 Å². The number of aromatic nitrogens is 2. The SMILES string of the molecule is CS(=O)(=O)c1cccc(-n2nccc2-c2cccs2)c1. The van der Waals surface area contributed by atoms with E-state index in [1.54, 1.807) is 40.4 Å². The lowest BCUT2D eigenvalue weighted by Crippen LogP contribution is -2.02. The van der Waals surface area contributed by atoms with Crippen LogP contribution in [0.25, 0.3) is 16.3 Å². The molecule has 0 N–H and O–H groups in total. The molecule has 20 heavy (non-hydrogen) atoms. The molecular formula is C14H12N2O2S2. The molecule has 2 aromatic heterocycles. The standard InChI is InChI=1S/C14H12N2O2S2/c1-20(17,18)12-5-2-4-11(10-12)16-13(7-8-15-16)14-6-3-9-19-14/h2-10H,1H3. The van der Waals surface area contributed by atoms with Crippen LogP contribution in [-0.4, -0.2) is 24.5 Å². The Bertz CT molecular complexity index is 834. The van der Waals surface area contributed by atoms with Gasteiger partial charge in [-0.25, -0.2) is 13.1 Å². The normalized spacial score (nSPS) is 11.7. The zero-order valence-electron chi connectivity index (χ0n) is 10.7. The maximum atomic E-state index is 11.6. The number of benzene rings is 1. The summed E-state index contributed by atoms with van der Waals surface area (Å²) in [6.07, 6.45) is 2.91. The minimum atomic E-state index is -3.22. The van der Waals surface area contributed by atoms with E-state index in [0.717, 1.165) is 16.3 Å². The van der Waals surface area contributed by atoms with Gasteiger partial charge in [-0.3, -0.25) is 0 Å². The summed E-state index contributed by atoms with van der Waals surface area (Å²) in [5, 5.41) is 6.29. The third-order valence-electron chi connectivity index (χ3n) is 2.91. The number of hydrogen-bond donors (Lipinski definition) is 0. The van der Waals surface area contributed by atoms with E-state index in [-0.39, 0.29) is 0 Å². The first-order valence-electron chi connectivity index (χ1n) is 5.94. The van der Waals surface area contributed by atoms with Gasteiger partial charge in [0, 0.05) is 6.26 Å². The Morgan fingerprint density at radius 3 is 2.70 bits per heavy atom. The molecule has 0 aliphatic heterocycles. The minimum Gasteiger partial charge on any atom is -0.232 e. The Morgan fingerprint density at radius 1 is 1.15 bits per heavy atom. The van der Waals surface area contributed by atoms with Crippen molar-refractivity contribution < 1.29 is 8.42 Å². The summed E-state index contributed by atoms with van der Waals surface area (Å²) >= 11 is 1.62. The maximum absolute atomic E-state index is 11.6. The smallest absolute Gasteiger partial charge is 0.175 e. The van der Waals surface area contributed by atoms with Crippen LogP contribution in [0.1, 0.15) is 0 Å². The van der Waals surface area contributed by atoms with Gasteiger partial charge in [-0.2, -0.15) is 5.10 Å². The molecule has 0 aliphatic carbocycles. The molecule has 3 aromatic rings. The summed E-state index contributed by atoms with van der Waals surface area (Å²) in [7, 11) is -3.22. The van der Waals surface area contributed by atoms with Gasteiger partial charge in [-0.1, -0.05) is 12.1 Å². The molecule has 0 aliphatic rings. The molecule has 4 nitrogen and oxygen atoms in total. The first-order valence-corrected chi connectivity index (χ1v) is 8.71. The zero-order valence-corrected chi connectivity index (χ0v) is 12.4. The van der Waals surface area contributed by atoms with E-state index >= 15 is 0 Å². The van der Waals surface area contributed by atoms with Gasteiger partial charge in [0.25, 0.3) is 0 Å². The molecule has 0 atom stereocenters. The average molecular weight is 304 g/mol. The second-order valence-electron chi connectivity index (χ2n) is 4.38. The predicted molar refractivity (Wildman–Crippen MR) is 80.0 cm³/mol. The van der Waals surface area contributed by atoms with Crippen molar-refractivity contribution in [1.82, 2.24) is 9.78 Å². The lowest BCUT2D eigenvalue weighted by Gasteiger charge is -2.07. The van der Waals surface area contributed by atoms with Crippen LogP contribution in [0, 0.1) is 0 Å². The molecule has 0 unspecified atom stereocenters. The highest BCUT2D eigenvalue weighted by Crippen LogP contribution is 2.27. The van der Waals surface area contributed by atoms with Crippen LogP contribution in [0.15, 0.2) is 58.9 Å². The van der Waals surface area contributed by atoms with Crippen molar-refractivity contribution in [2.45, 2.75) is 4.90 Å². The van der Waals surface area contributed by atoms with Crippen LogP contribution in [-0.2, 0) is 9.84 Å². The molecule has 0 fully saturated rings. The zero-order chi connectivity index (χ0) is 14.2. The van der Waals surface area contributed by atoms with E-state index in [2.05, 4.69) is 5.10 Å². The van der Waals surface area contributed by atoms with Crippen molar-refractivity contribution >= 4 is 21.2 Å². The first kappa shape index (κ1) is 13.1. The number of hydrogen-bond acceptors (Lipinski definition) is 4. The van der Waals surface area contributed by atoms with Crippen molar-refractivity contribution in [3.05, 3.63) is 54.0 Å². The largest absolute Gasteiger partial charge is 0.232 e. The van der Waals surface area contributed by atoms with Gasteiger partial charge in [-0.05, 0) is 35.7 Å². The molecular weight excluding hydrogens is 292 g/mol. The van der Waals surface area contributed by atoms with Crippen LogP contribution in [0.3, 0.4) is 0 Å². The Hall–Kier alpha value is -1.92. The van der Waals surface area contributed by atoms with E-state index in [4.69, 9.17) is 0 Å². The van der Waals surface area contributed by atoms with Gasteiger partial charge < -0.3 is 0 Å². The first-order chi connectivity index (χ1) is 9.55. The predicted octanol–water partition coefficient (Wildman–Crippen LogP) is 3.00. The summed E-state index contributed by atoms with van der Waals surface area (Å²) in [6.45, 7) is 0. The summed E-state index contributed by atoms with van der Waals surface area (Å²) in [5.41, 5.74) is 1.69. The molecule has 0 spiro atoms. The molecule has 0 bridgehead atoms. The average Bonchev–Trinajstić information content (AvgIpc) is 3.08. The van der Waals surface area contributed by atoms with Gasteiger partial charge >= 0.3 is 0 Å². The number of nitrogens with zero attached hydrogens (tertiary/aromatic N) is 2. The molecule has 3 rings (SSSR count).